The van der Waals surface area contributed by atoms with Crippen LogP contribution in [0.5, 0.6) is 0 Å². The van der Waals surface area contributed by atoms with Crippen LogP contribution in [-0.4, -0.2) is 23.4 Å². The predicted molar refractivity (Wildman–Crippen MR) is 89.2 cm³/mol. The molecule has 3 nitrogen and oxygen atoms in total. The molecule has 1 N–H and O–H groups in total. The van der Waals surface area contributed by atoms with Crippen molar-refractivity contribution in [2.24, 2.45) is 17.8 Å². The maximum atomic E-state index is 12.8. The van der Waals surface area contributed by atoms with E-state index in [2.05, 4.69) is 62.3 Å². The molecule has 0 bridgehead atoms. The smallest absolute Gasteiger partial charge is 0.241 e. The molecule has 1 aliphatic rings. The van der Waals surface area contributed by atoms with Crippen molar-refractivity contribution < 1.29 is 4.79 Å². The molecule has 0 aliphatic carbocycles. The van der Waals surface area contributed by atoms with E-state index in [9.17, 15) is 4.79 Å². The second kappa shape index (κ2) is 6.93. The van der Waals surface area contributed by atoms with Crippen LogP contribution in [0.1, 0.15) is 52.1 Å². The Hall–Kier alpha value is -0.870. The molecule has 1 aromatic heterocycles. The predicted octanol–water partition coefficient (Wildman–Crippen LogP) is 3.89. The average Bonchev–Trinajstić information content (AvgIpc) is 3.01. The van der Waals surface area contributed by atoms with Gasteiger partial charge in [0.05, 0.1) is 6.04 Å². The molecule has 4 heteroatoms. The van der Waals surface area contributed by atoms with E-state index in [0.29, 0.717) is 17.8 Å². The van der Waals surface area contributed by atoms with Crippen molar-refractivity contribution in [1.29, 1.82) is 0 Å². The van der Waals surface area contributed by atoms with Gasteiger partial charge in [-0.05, 0) is 35.6 Å². The molecule has 1 amide bonds. The highest BCUT2D eigenvalue weighted by Gasteiger charge is 2.40. The molecule has 21 heavy (non-hydrogen) atoms. The number of thiophene rings is 1. The average molecular weight is 308 g/mol. The second-order valence-electron chi connectivity index (χ2n) is 6.98. The van der Waals surface area contributed by atoms with Gasteiger partial charge in [-0.3, -0.25) is 10.1 Å². The third-order valence-electron chi connectivity index (χ3n) is 4.39. The van der Waals surface area contributed by atoms with Crippen molar-refractivity contribution in [3.63, 3.8) is 0 Å². The van der Waals surface area contributed by atoms with Crippen molar-refractivity contribution in [2.75, 3.05) is 6.54 Å². The van der Waals surface area contributed by atoms with Crippen molar-refractivity contribution in [3.8, 4) is 0 Å². The fraction of sp³-hybridized carbons (Fsp3) is 0.706. The largest absolute Gasteiger partial charge is 0.320 e. The lowest BCUT2D eigenvalue weighted by molar-refractivity contribution is -0.131. The summed E-state index contributed by atoms with van der Waals surface area (Å²) in [6.07, 6.45) is 0.968. The zero-order chi connectivity index (χ0) is 15.6. The number of carbonyl (C=O) groups excluding carboxylic acids is 1. The lowest BCUT2D eigenvalue weighted by atomic mass is 9.97. The summed E-state index contributed by atoms with van der Waals surface area (Å²) in [5, 5.41) is 5.64. The monoisotopic (exact) mass is 308 g/mol. The van der Waals surface area contributed by atoms with Gasteiger partial charge in [-0.1, -0.05) is 40.7 Å². The Balaban J connectivity index is 2.17. The number of nitrogens with zero attached hydrogens (tertiary/aromatic N) is 1. The molecule has 2 rings (SSSR count). The molecular weight excluding hydrogens is 280 g/mol. The molecule has 0 saturated carbocycles. The van der Waals surface area contributed by atoms with Gasteiger partial charge in [0, 0.05) is 11.4 Å². The highest BCUT2D eigenvalue weighted by Crippen LogP contribution is 2.31. The normalized spacial score (nSPS) is 24.3. The Labute approximate surface area is 132 Å². The number of hydrogen-bond donors (Lipinski definition) is 1. The lowest BCUT2D eigenvalue weighted by Crippen LogP contribution is -2.36. The number of nitrogens with one attached hydrogen (secondary N) is 1. The first-order chi connectivity index (χ1) is 9.90. The van der Waals surface area contributed by atoms with Crippen LogP contribution in [0.15, 0.2) is 17.5 Å². The molecule has 3 unspecified atom stereocenters. The van der Waals surface area contributed by atoms with Crippen molar-refractivity contribution in [3.05, 3.63) is 22.4 Å². The van der Waals surface area contributed by atoms with E-state index >= 15 is 0 Å². The van der Waals surface area contributed by atoms with E-state index in [0.717, 1.165) is 13.0 Å². The molecule has 3 atom stereocenters. The molecule has 1 aliphatic heterocycles. The summed E-state index contributed by atoms with van der Waals surface area (Å²) in [5.41, 5.74) is 0. The van der Waals surface area contributed by atoms with Crippen LogP contribution in [0.3, 0.4) is 0 Å². The fourth-order valence-electron chi connectivity index (χ4n) is 2.72. The van der Waals surface area contributed by atoms with E-state index in [1.807, 2.05) is 0 Å². The molecule has 0 radical (unpaired) electrons. The maximum absolute atomic E-state index is 12.8. The van der Waals surface area contributed by atoms with Gasteiger partial charge >= 0.3 is 0 Å². The summed E-state index contributed by atoms with van der Waals surface area (Å²) in [4.78, 5) is 16.1. The van der Waals surface area contributed by atoms with Gasteiger partial charge in [-0.15, -0.1) is 11.3 Å². The Morgan fingerprint density at radius 3 is 2.52 bits per heavy atom. The summed E-state index contributed by atoms with van der Waals surface area (Å²) >= 11 is 1.73. The topological polar surface area (TPSA) is 32.3 Å². The third-order valence-corrected chi connectivity index (χ3v) is 5.32. The molecule has 0 aromatic carbocycles. The van der Waals surface area contributed by atoms with E-state index in [4.69, 9.17) is 0 Å². The molecular formula is C17H28N2OS. The van der Waals surface area contributed by atoms with Crippen LogP contribution >= 0.6 is 11.3 Å². The summed E-state index contributed by atoms with van der Waals surface area (Å²) in [6.45, 7) is 11.9. The van der Waals surface area contributed by atoms with Crippen LogP contribution in [0.4, 0.5) is 0 Å². The molecule has 1 aromatic rings. The van der Waals surface area contributed by atoms with E-state index in [1.165, 1.54) is 4.88 Å². The van der Waals surface area contributed by atoms with Gasteiger partial charge in [0.2, 0.25) is 5.91 Å². The lowest BCUT2D eigenvalue weighted by Gasteiger charge is -2.28. The summed E-state index contributed by atoms with van der Waals surface area (Å²) in [6, 6.07) is 4.16. The Bertz CT molecular complexity index is 455. The zero-order valence-corrected chi connectivity index (χ0v) is 14.6. The minimum atomic E-state index is -0.0311. The summed E-state index contributed by atoms with van der Waals surface area (Å²) in [7, 11) is 0. The second-order valence-corrected chi connectivity index (χ2v) is 7.96. The SMILES string of the molecule is CC(C)CC1NC(c2cccs2)N(CC(C)C(C)C)C1=O. The summed E-state index contributed by atoms with van der Waals surface area (Å²) < 4.78 is 0. The van der Waals surface area contributed by atoms with Crippen molar-refractivity contribution in [2.45, 2.75) is 53.2 Å². The highest BCUT2D eigenvalue weighted by atomic mass is 32.1. The van der Waals surface area contributed by atoms with E-state index in [-0.39, 0.29) is 18.1 Å². The summed E-state index contributed by atoms with van der Waals surface area (Å²) in [5.74, 6) is 1.90. The quantitative estimate of drug-likeness (QED) is 0.865. The van der Waals surface area contributed by atoms with Crippen LogP contribution < -0.4 is 5.32 Å². The molecule has 1 saturated heterocycles. The number of hydrogen-bond acceptors (Lipinski definition) is 3. The minimum absolute atomic E-state index is 0.0311. The first-order valence-electron chi connectivity index (χ1n) is 8.00. The van der Waals surface area contributed by atoms with Crippen LogP contribution in [0, 0.1) is 17.8 Å². The first kappa shape index (κ1) is 16.5. The van der Waals surface area contributed by atoms with Gasteiger partial charge in [0.25, 0.3) is 0 Å². The minimum Gasteiger partial charge on any atom is -0.320 e. The first-order valence-corrected chi connectivity index (χ1v) is 8.88. The van der Waals surface area contributed by atoms with Crippen LogP contribution in [-0.2, 0) is 4.79 Å². The van der Waals surface area contributed by atoms with Gasteiger partial charge < -0.3 is 4.90 Å². The van der Waals surface area contributed by atoms with E-state index < -0.39 is 0 Å². The number of rotatable bonds is 6. The van der Waals surface area contributed by atoms with Gasteiger partial charge in [0.1, 0.15) is 6.17 Å². The number of carbonyl (C=O) groups is 1. The van der Waals surface area contributed by atoms with Crippen LogP contribution in [0.2, 0.25) is 0 Å². The fourth-order valence-corrected chi connectivity index (χ4v) is 3.51. The Kier molecular flexibility index (Phi) is 5.44. The standard InChI is InChI=1S/C17H28N2OS/c1-11(2)9-14-17(20)19(10-13(5)12(3)4)16(18-14)15-7-6-8-21-15/h6-8,11-14,16,18H,9-10H2,1-5H3. The highest BCUT2D eigenvalue weighted by molar-refractivity contribution is 7.10. The maximum Gasteiger partial charge on any atom is 0.241 e. The number of amides is 1. The van der Waals surface area contributed by atoms with Crippen LogP contribution in [0.25, 0.3) is 0 Å². The van der Waals surface area contributed by atoms with Crippen molar-refractivity contribution in [1.82, 2.24) is 10.2 Å². The molecule has 1 fully saturated rings. The Morgan fingerprint density at radius 1 is 1.29 bits per heavy atom. The molecule has 2 heterocycles. The molecule has 118 valence electrons. The van der Waals surface area contributed by atoms with Crippen molar-refractivity contribution >= 4 is 17.2 Å². The zero-order valence-electron chi connectivity index (χ0n) is 13.8. The van der Waals surface area contributed by atoms with E-state index in [1.54, 1.807) is 11.3 Å². The van der Waals surface area contributed by atoms with Gasteiger partial charge in [0.15, 0.2) is 0 Å². The van der Waals surface area contributed by atoms with Gasteiger partial charge in [-0.2, -0.15) is 0 Å². The molecule has 0 spiro atoms. The Morgan fingerprint density at radius 2 is 2.00 bits per heavy atom. The third kappa shape index (κ3) is 3.86. The van der Waals surface area contributed by atoms with Gasteiger partial charge in [-0.25, -0.2) is 0 Å².